The molecular formula is C22H8BrIO2. The molecule has 4 aromatic carbocycles. The maximum atomic E-state index is 13.4. The second-order valence-corrected chi connectivity index (χ2v) is 8.64. The van der Waals surface area contributed by atoms with Crippen molar-refractivity contribution in [1.29, 1.82) is 0 Å². The van der Waals surface area contributed by atoms with Crippen molar-refractivity contribution in [2.75, 3.05) is 0 Å². The summed E-state index contributed by atoms with van der Waals surface area (Å²) in [5.74, 6) is 0. The minimum atomic E-state index is 0.0195. The van der Waals surface area contributed by atoms with E-state index in [1.807, 2.05) is 42.5 Å². The molecule has 0 saturated heterocycles. The number of rotatable bonds is 0. The van der Waals surface area contributed by atoms with Crippen molar-refractivity contribution in [3.05, 3.63) is 77.0 Å². The zero-order chi connectivity index (χ0) is 17.7. The Morgan fingerprint density at radius 1 is 0.692 bits per heavy atom. The first-order chi connectivity index (χ1) is 12.6. The SMILES string of the molecule is O=c1c2ccc3cc(I)c(Br)c4c(=O)c5ccc6cccc1c6c5-c2c34. The molecule has 122 valence electrons. The van der Waals surface area contributed by atoms with Crippen LogP contribution in [0.15, 0.2) is 62.6 Å². The number of benzene rings is 6. The van der Waals surface area contributed by atoms with Crippen LogP contribution in [0.1, 0.15) is 0 Å². The predicted molar refractivity (Wildman–Crippen MR) is 120 cm³/mol. The van der Waals surface area contributed by atoms with Gasteiger partial charge in [0.2, 0.25) is 0 Å². The van der Waals surface area contributed by atoms with Crippen molar-refractivity contribution in [2.24, 2.45) is 0 Å². The van der Waals surface area contributed by atoms with E-state index in [-0.39, 0.29) is 10.9 Å². The standard InChI is InChI=1S/C22H8BrIO2/c23-20-14(24)8-10-5-7-12-18-16(10)19(20)22(26)13-6-4-9-2-1-3-11(21(12)25)15(9)17(13)18/h1-8H. The van der Waals surface area contributed by atoms with Gasteiger partial charge in [0, 0.05) is 51.5 Å². The summed E-state index contributed by atoms with van der Waals surface area (Å²) >= 11 is 5.85. The Labute approximate surface area is 169 Å². The molecule has 0 aromatic heterocycles. The smallest absolute Gasteiger partial charge is 0.195 e. The summed E-state index contributed by atoms with van der Waals surface area (Å²) < 4.78 is 1.80. The monoisotopic (exact) mass is 510 g/mol. The van der Waals surface area contributed by atoms with Gasteiger partial charge in [-0.3, -0.25) is 9.59 Å². The van der Waals surface area contributed by atoms with E-state index in [9.17, 15) is 9.59 Å². The topological polar surface area (TPSA) is 34.1 Å². The Balaban J connectivity index is 2.17. The molecule has 2 aliphatic rings. The fourth-order valence-electron chi connectivity index (χ4n) is 4.40. The zero-order valence-electron chi connectivity index (χ0n) is 13.2. The molecule has 0 atom stereocenters. The summed E-state index contributed by atoms with van der Waals surface area (Å²) in [6.45, 7) is 0. The van der Waals surface area contributed by atoms with E-state index >= 15 is 0 Å². The van der Waals surface area contributed by atoms with Crippen LogP contribution in [0.25, 0.3) is 54.2 Å². The van der Waals surface area contributed by atoms with E-state index in [4.69, 9.17) is 0 Å². The van der Waals surface area contributed by atoms with Crippen LogP contribution < -0.4 is 10.9 Å². The van der Waals surface area contributed by atoms with Crippen molar-refractivity contribution >= 4 is 81.6 Å². The molecule has 2 aliphatic carbocycles. The van der Waals surface area contributed by atoms with Gasteiger partial charge in [0.25, 0.3) is 0 Å². The normalized spacial score (nSPS) is 12.5. The lowest BCUT2D eigenvalue weighted by Crippen LogP contribution is -2.13. The van der Waals surface area contributed by atoms with Crippen LogP contribution in [0.5, 0.6) is 0 Å². The molecule has 2 nitrogen and oxygen atoms in total. The summed E-state index contributed by atoms with van der Waals surface area (Å²) in [7, 11) is 0. The third-order valence-electron chi connectivity index (χ3n) is 5.46. The van der Waals surface area contributed by atoms with Crippen molar-refractivity contribution in [3.8, 4) is 11.1 Å². The summed E-state index contributed by atoms with van der Waals surface area (Å²) in [4.78, 5) is 26.6. The van der Waals surface area contributed by atoms with Crippen LogP contribution in [0, 0.1) is 3.57 Å². The molecule has 0 aliphatic heterocycles. The Bertz CT molecular complexity index is 1590. The van der Waals surface area contributed by atoms with Gasteiger partial charge < -0.3 is 0 Å². The van der Waals surface area contributed by atoms with Crippen LogP contribution in [0.4, 0.5) is 0 Å². The predicted octanol–water partition coefficient (Wildman–Crippen LogP) is 5.81. The first-order valence-electron chi connectivity index (χ1n) is 8.18. The van der Waals surface area contributed by atoms with E-state index in [2.05, 4.69) is 44.6 Å². The Hall–Kier alpha value is -2.05. The lowest BCUT2D eigenvalue weighted by molar-refractivity contribution is 1.61. The first kappa shape index (κ1) is 15.1. The molecule has 0 radical (unpaired) electrons. The van der Waals surface area contributed by atoms with Crippen LogP contribution in [-0.4, -0.2) is 0 Å². The minimum absolute atomic E-state index is 0.0195. The third-order valence-corrected chi connectivity index (χ3v) is 7.87. The van der Waals surface area contributed by atoms with Crippen LogP contribution in [-0.2, 0) is 0 Å². The molecule has 0 fully saturated rings. The van der Waals surface area contributed by atoms with E-state index in [1.54, 1.807) is 0 Å². The Morgan fingerprint density at radius 2 is 1.38 bits per heavy atom. The van der Waals surface area contributed by atoms with Gasteiger partial charge in [-0.05, 0) is 67.5 Å². The average molecular weight is 511 g/mol. The van der Waals surface area contributed by atoms with Crippen molar-refractivity contribution < 1.29 is 0 Å². The van der Waals surface area contributed by atoms with Crippen molar-refractivity contribution in [2.45, 2.75) is 0 Å². The summed E-state index contributed by atoms with van der Waals surface area (Å²) in [5.41, 5.74) is 1.89. The minimum Gasteiger partial charge on any atom is -0.289 e. The molecule has 0 spiro atoms. The quantitative estimate of drug-likeness (QED) is 0.147. The highest BCUT2D eigenvalue weighted by atomic mass is 127. The highest BCUT2D eigenvalue weighted by Gasteiger charge is 2.26. The second kappa shape index (κ2) is 4.81. The lowest BCUT2D eigenvalue weighted by atomic mass is 9.81. The van der Waals surface area contributed by atoms with Crippen LogP contribution >= 0.6 is 38.5 Å². The van der Waals surface area contributed by atoms with Gasteiger partial charge in [0.1, 0.15) is 0 Å². The van der Waals surface area contributed by atoms with Crippen molar-refractivity contribution in [1.82, 2.24) is 0 Å². The van der Waals surface area contributed by atoms with E-state index < -0.39 is 0 Å². The first-order valence-corrected chi connectivity index (χ1v) is 10.1. The maximum absolute atomic E-state index is 13.4. The summed E-state index contributed by atoms with van der Waals surface area (Å²) in [5, 5.41) is 6.52. The molecule has 4 heteroatoms. The summed E-state index contributed by atoms with van der Waals surface area (Å²) in [6, 6.07) is 15.5. The molecule has 26 heavy (non-hydrogen) atoms. The lowest BCUT2D eigenvalue weighted by Gasteiger charge is -2.21. The Kier molecular flexibility index (Phi) is 2.78. The van der Waals surface area contributed by atoms with E-state index in [0.29, 0.717) is 21.5 Å². The zero-order valence-corrected chi connectivity index (χ0v) is 16.9. The van der Waals surface area contributed by atoms with Gasteiger partial charge in [-0.2, -0.15) is 0 Å². The fraction of sp³-hybridized carbons (Fsp3) is 0. The van der Waals surface area contributed by atoms with Gasteiger partial charge in [0.15, 0.2) is 10.9 Å². The number of hydrogen-bond acceptors (Lipinski definition) is 2. The maximum Gasteiger partial charge on any atom is 0.195 e. The largest absolute Gasteiger partial charge is 0.289 e. The molecular weight excluding hydrogens is 503 g/mol. The van der Waals surface area contributed by atoms with E-state index in [1.165, 1.54) is 0 Å². The molecule has 0 bridgehead atoms. The van der Waals surface area contributed by atoms with Gasteiger partial charge in [-0.25, -0.2) is 0 Å². The number of halogens is 2. The van der Waals surface area contributed by atoms with Crippen LogP contribution in [0.3, 0.4) is 0 Å². The molecule has 0 amide bonds. The molecule has 6 rings (SSSR count). The molecule has 0 N–H and O–H groups in total. The number of hydrogen-bond donors (Lipinski definition) is 0. The highest BCUT2D eigenvalue weighted by Crippen LogP contribution is 2.46. The summed E-state index contributed by atoms with van der Waals surface area (Å²) in [6.07, 6.45) is 0. The highest BCUT2D eigenvalue weighted by molar-refractivity contribution is 14.1. The van der Waals surface area contributed by atoms with Gasteiger partial charge in [-0.1, -0.05) is 30.3 Å². The van der Waals surface area contributed by atoms with Gasteiger partial charge >= 0.3 is 0 Å². The molecule has 0 unspecified atom stereocenters. The third kappa shape index (κ3) is 1.59. The van der Waals surface area contributed by atoms with Gasteiger partial charge in [-0.15, -0.1) is 0 Å². The average Bonchev–Trinajstić information content (AvgIpc) is 2.65. The van der Waals surface area contributed by atoms with Crippen LogP contribution in [0.2, 0.25) is 0 Å². The fourth-order valence-corrected chi connectivity index (χ4v) is 5.49. The molecule has 0 heterocycles. The Morgan fingerprint density at radius 3 is 2.19 bits per heavy atom. The second-order valence-electron chi connectivity index (χ2n) is 6.68. The van der Waals surface area contributed by atoms with Gasteiger partial charge in [0.05, 0.1) is 0 Å². The molecule has 4 aromatic rings. The van der Waals surface area contributed by atoms with E-state index in [0.717, 1.165) is 40.7 Å². The molecule has 0 saturated carbocycles. The van der Waals surface area contributed by atoms with Crippen molar-refractivity contribution in [3.63, 3.8) is 0 Å².